The Kier molecular flexibility index (Phi) is 6.03. The van der Waals surface area contributed by atoms with Crippen molar-refractivity contribution in [2.75, 3.05) is 25.3 Å². The number of ether oxygens (including phenoxy) is 2. The maximum atomic E-state index is 12.3. The Morgan fingerprint density at radius 3 is 2.65 bits per heavy atom. The molecule has 4 rings (SSSR count). The Labute approximate surface area is 183 Å². The standard InChI is InChI=1S/C22H21N5O3S/c1-14-5-4-6-16(11-14)23-21(28)13-31-22-25-24-20-10-8-17(26-27(20)22)15-7-9-18(29-2)19(12-15)30-3/h4-12H,13H2,1-3H3,(H,23,28). The molecule has 1 N–H and O–H groups in total. The third-order valence-corrected chi connectivity index (χ3v) is 5.47. The van der Waals surface area contributed by atoms with Crippen molar-refractivity contribution in [3.05, 3.63) is 60.2 Å². The fraction of sp³-hybridized carbons (Fsp3) is 0.182. The van der Waals surface area contributed by atoms with E-state index in [0.717, 1.165) is 22.5 Å². The lowest BCUT2D eigenvalue weighted by Gasteiger charge is -2.09. The lowest BCUT2D eigenvalue weighted by atomic mass is 10.1. The quantitative estimate of drug-likeness (QED) is 0.441. The Morgan fingerprint density at radius 1 is 1.03 bits per heavy atom. The number of carbonyl (C=O) groups excluding carboxylic acids is 1. The monoisotopic (exact) mass is 435 g/mol. The number of rotatable bonds is 7. The van der Waals surface area contributed by atoms with Crippen LogP contribution in [0.2, 0.25) is 0 Å². The molecule has 8 nitrogen and oxygen atoms in total. The van der Waals surface area contributed by atoms with Gasteiger partial charge in [0.05, 0.1) is 25.7 Å². The van der Waals surface area contributed by atoms with E-state index < -0.39 is 0 Å². The van der Waals surface area contributed by atoms with E-state index in [1.807, 2.05) is 61.5 Å². The van der Waals surface area contributed by atoms with Gasteiger partial charge in [-0.15, -0.1) is 10.2 Å². The molecular formula is C22H21N5O3S. The van der Waals surface area contributed by atoms with Crippen LogP contribution in [-0.4, -0.2) is 45.7 Å². The molecule has 0 radical (unpaired) electrons. The van der Waals surface area contributed by atoms with Gasteiger partial charge in [-0.3, -0.25) is 4.79 Å². The average molecular weight is 436 g/mol. The summed E-state index contributed by atoms with van der Waals surface area (Å²) < 4.78 is 12.3. The van der Waals surface area contributed by atoms with Crippen LogP contribution in [0.5, 0.6) is 11.5 Å². The SMILES string of the molecule is COc1ccc(-c2ccc3nnc(SCC(=O)Nc4cccc(C)c4)n3n2)cc1OC. The van der Waals surface area contributed by atoms with Crippen molar-refractivity contribution < 1.29 is 14.3 Å². The number of nitrogens with one attached hydrogen (secondary N) is 1. The minimum Gasteiger partial charge on any atom is -0.493 e. The van der Waals surface area contributed by atoms with Crippen molar-refractivity contribution in [3.63, 3.8) is 0 Å². The van der Waals surface area contributed by atoms with Gasteiger partial charge in [0, 0.05) is 11.3 Å². The van der Waals surface area contributed by atoms with Crippen LogP contribution in [-0.2, 0) is 4.79 Å². The van der Waals surface area contributed by atoms with Crippen LogP contribution in [0, 0.1) is 6.92 Å². The van der Waals surface area contributed by atoms with E-state index in [1.54, 1.807) is 18.7 Å². The van der Waals surface area contributed by atoms with Gasteiger partial charge in [-0.2, -0.15) is 9.61 Å². The fourth-order valence-electron chi connectivity index (χ4n) is 3.06. The highest BCUT2D eigenvalue weighted by Crippen LogP contribution is 2.31. The molecule has 4 aromatic rings. The summed E-state index contributed by atoms with van der Waals surface area (Å²) in [6.07, 6.45) is 0. The lowest BCUT2D eigenvalue weighted by Crippen LogP contribution is -2.14. The summed E-state index contributed by atoms with van der Waals surface area (Å²) in [7, 11) is 3.19. The predicted molar refractivity (Wildman–Crippen MR) is 120 cm³/mol. The Balaban J connectivity index is 1.53. The molecule has 2 aromatic heterocycles. The molecule has 31 heavy (non-hydrogen) atoms. The van der Waals surface area contributed by atoms with Crippen molar-refractivity contribution in [2.24, 2.45) is 0 Å². The van der Waals surface area contributed by atoms with Gasteiger partial charge in [-0.05, 0) is 55.0 Å². The molecule has 9 heteroatoms. The van der Waals surface area contributed by atoms with Crippen LogP contribution in [0.3, 0.4) is 0 Å². The van der Waals surface area contributed by atoms with E-state index in [2.05, 4.69) is 20.6 Å². The molecule has 0 atom stereocenters. The molecule has 0 unspecified atom stereocenters. The molecule has 2 aromatic carbocycles. The van der Waals surface area contributed by atoms with E-state index in [-0.39, 0.29) is 11.7 Å². The molecule has 0 fully saturated rings. The van der Waals surface area contributed by atoms with Gasteiger partial charge in [-0.25, -0.2) is 0 Å². The van der Waals surface area contributed by atoms with E-state index in [4.69, 9.17) is 9.47 Å². The highest BCUT2D eigenvalue weighted by atomic mass is 32.2. The van der Waals surface area contributed by atoms with Crippen molar-refractivity contribution >= 4 is 29.0 Å². The number of methoxy groups -OCH3 is 2. The molecule has 158 valence electrons. The molecule has 2 heterocycles. The Bertz CT molecular complexity index is 1240. The van der Waals surface area contributed by atoms with Crippen LogP contribution in [0.1, 0.15) is 5.56 Å². The Hall–Kier alpha value is -3.59. The van der Waals surface area contributed by atoms with Gasteiger partial charge in [0.2, 0.25) is 11.1 Å². The van der Waals surface area contributed by atoms with Crippen molar-refractivity contribution in [1.29, 1.82) is 0 Å². The molecular weight excluding hydrogens is 414 g/mol. The molecule has 0 aliphatic rings. The van der Waals surface area contributed by atoms with Crippen LogP contribution < -0.4 is 14.8 Å². The summed E-state index contributed by atoms with van der Waals surface area (Å²) in [4.78, 5) is 12.3. The number of hydrogen-bond acceptors (Lipinski definition) is 7. The molecule has 0 bridgehead atoms. The van der Waals surface area contributed by atoms with Crippen molar-refractivity contribution in [1.82, 2.24) is 19.8 Å². The maximum Gasteiger partial charge on any atom is 0.234 e. The zero-order valence-corrected chi connectivity index (χ0v) is 18.1. The average Bonchev–Trinajstić information content (AvgIpc) is 3.19. The first kappa shape index (κ1) is 20.7. The molecule has 1 amide bonds. The van der Waals surface area contributed by atoms with E-state index in [9.17, 15) is 4.79 Å². The lowest BCUT2D eigenvalue weighted by molar-refractivity contribution is -0.113. The second-order valence-corrected chi connectivity index (χ2v) is 7.69. The minimum atomic E-state index is -0.122. The predicted octanol–water partition coefficient (Wildman–Crippen LogP) is 3.85. The number of anilines is 1. The molecule has 0 saturated heterocycles. The second kappa shape index (κ2) is 9.05. The fourth-order valence-corrected chi connectivity index (χ4v) is 3.75. The summed E-state index contributed by atoms with van der Waals surface area (Å²) in [5.74, 6) is 1.33. The van der Waals surface area contributed by atoms with Gasteiger partial charge in [-0.1, -0.05) is 23.9 Å². The molecule has 0 spiro atoms. The summed E-state index contributed by atoms with van der Waals surface area (Å²) in [6.45, 7) is 1.98. The molecule has 0 saturated carbocycles. The third-order valence-electron chi connectivity index (χ3n) is 4.55. The largest absolute Gasteiger partial charge is 0.493 e. The first-order valence-corrected chi connectivity index (χ1v) is 10.5. The number of fused-ring (bicyclic) bond motifs is 1. The third kappa shape index (κ3) is 4.61. The van der Waals surface area contributed by atoms with E-state index in [0.29, 0.717) is 22.3 Å². The highest BCUT2D eigenvalue weighted by molar-refractivity contribution is 7.99. The number of thioether (sulfide) groups is 1. The Morgan fingerprint density at radius 2 is 1.87 bits per heavy atom. The minimum absolute atomic E-state index is 0.122. The van der Waals surface area contributed by atoms with Crippen LogP contribution in [0.15, 0.2) is 59.8 Å². The number of hydrogen-bond donors (Lipinski definition) is 1. The number of amides is 1. The van der Waals surface area contributed by atoms with Crippen molar-refractivity contribution in [2.45, 2.75) is 12.1 Å². The van der Waals surface area contributed by atoms with Gasteiger partial charge < -0.3 is 14.8 Å². The normalized spacial score (nSPS) is 10.8. The second-order valence-electron chi connectivity index (χ2n) is 6.75. The van der Waals surface area contributed by atoms with Crippen LogP contribution in [0.25, 0.3) is 16.9 Å². The summed E-state index contributed by atoms with van der Waals surface area (Å²) in [6, 6.07) is 17.0. The molecule has 0 aliphatic heterocycles. The first-order valence-electron chi connectivity index (χ1n) is 9.51. The topological polar surface area (TPSA) is 90.6 Å². The van der Waals surface area contributed by atoms with Gasteiger partial charge in [0.15, 0.2) is 17.1 Å². The van der Waals surface area contributed by atoms with Gasteiger partial charge >= 0.3 is 0 Å². The maximum absolute atomic E-state index is 12.3. The number of aromatic nitrogens is 4. The number of benzene rings is 2. The van der Waals surface area contributed by atoms with Crippen LogP contribution in [0.4, 0.5) is 5.69 Å². The first-order chi connectivity index (χ1) is 15.1. The molecule has 0 aliphatic carbocycles. The van der Waals surface area contributed by atoms with E-state index >= 15 is 0 Å². The smallest absolute Gasteiger partial charge is 0.234 e. The van der Waals surface area contributed by atoms with Crippen molar-refractivity contribution in [3.8, 4) is 22.8 Å². The van der Waals surface area contributed by atoms with E-state index in [1.165, 1.54) is 11.8 Å². The summed E-state index contributed by atoms with van der Waals surface area (Å²) in [5.41, 5.74) is 4.04. The number of nitrogens with zero attached hydrogens (tertiary/aromatic N) is 4. The summed E-state index contributed by atoms with van der Waals surface area (Å²) in [5, 5.41) is 16.4. The zero-order valence-electron chi connectivity index (χ0n) is 17.3. The van der Waals surface area contributed by atoms with Gasteiger partial charge in [0.1, 0.15) is 0 Å². The highest BCUT2D eigenvalue weighted by Gasteiger charge is 2.13. The zero-order chi connectivity index (χ0) is 21.8. The summed E-state index contributed by atoms with van der Waals surface area (Å²) >= 11 is 1.28. The van der Waals surface area contributed by atoms with Gasteiger partial charge in [0.25, 0.3) is 0 Å². The number of aryl methyl sites for hydroxylation is 1. The number of carbonyl (C=O) groups is 1. The van der Waals surface area contributed by atoms with Crippen LogP contribution >= 0.6 is 11.8 Å².